The highest BCUT2D eigenvalue weighted by Gasteiger charge is 2.04. The molecule has 0 radical (unpaired) electrons. The Kier molecular flexibility index (Phi) is 5.42. The Morgan fingerprint density at radius 1 is 1.14 bits per heavy atom. The fraction of sp³-hybridized carbons (Fsp3) is 0.278. The molecule has 0 aliphatic rings. The van der Waals surface area contributed by atoms with Crippen LogP contribution in [0.1, 0.15) is 12.0 Å². The predicted octanol–water partition coefficient (Wildman–Crippen LogP) is 3.47. The number of ether oxygens (including phenoxy) is 1. The van der Waals surface area contributed by atoms with Gasteiger partial charge in [-0.05, 0) is 37.3 Å². The molecule has 4 nitrogen and oxygen atoms in total. The summed E-state index contributed by atoms with van der Waals surface area (Å²) in [5.74, 6) is 0.732. The van der Waals surface area contributed by atoms with Crippen LogP contribution in [0.2, 0.25) is 0 Å². The quantitative estimate of drug-likeness (QED) is 0.888. The molecule has 1 N–H and O–H groups in total. The van der Waals surface area contributed by atoms with Gasteiger partial charge >= 0.3 is 0 Å². The molecular weight excluding hydrogens is 276 g/mol. The normalized spacial score (nSPS) is 10.1. The van der Waals surface area contributed by atoms with E-state index < -0.39 is 0 Å². The number of nitrogens with zero attached hydrogens (tertiary/aromatic N) is 1. The van der Waals surface area contributed by atoms with Crippen molar-refractivity contribution in [2.75, 3.05) is 30.9 Å². The van der Waals surface area contributed by atoms with E-state index in [9.17, 15) is 4.79 Å². The summed E-state index contributed by atoms with van der Waals surface area (Å²) in [6.07, 6.45) is 0.320. The summed E-state index contributed by atoms with van der Waals surface area (Å²) in [5, 5.41) is 2.89. The molecule has 2 rings (SSSR count). The van der Waals surface area contributed by atoms with Gasteiger partial charge in [0.15, 0.2) is 0 Å². The van der Waals surface area contributed by atoms with Gasteiger partial charge in [0.05, 0.1) is 13.0 Å². The first kappa shape index (κ1) is 15.9. The van der Waals surface area contributed by atoms with Crippen molar-refractivity contribution in [3.05, 3.63) is 54.1 Å². The van der Waals surface area contributed by atoms with E-state index in [1.54, 1.807) is 0 Å². The molecule has 1 amide bonds. The van der Waals surface area contributed by atoms with E-state index in [1.165, 1.54) is 5.56 Å². The lowest BCUT2D eigenvalue weighted by Crippen LogP contribution is -2.16. The minimum atomic E-state index is -0.0528. The number of benzene rings is 2. The molecule has 0 unspecified atom stereocenters. The van der Waals surface area contributed by atoms with Gasteiger partial charge in [-0.2, -0.15) is 0 Å². The lowest BCUT2D eigenvalue weighted by atomic mass is 10.2. The minimum Gasteiger partial charge on any atom is -0.493 e. The maximum atomic E-state index is 11.9. The first-order valence-corrected chi connectivity index (χ1v) is 7.31. The number of anilines is 2. The molecule has 0 spiro atoms. The molecule has 0 aliphatic carbocycles. The van der Waals surface area contributed by atoms with E-state index in [0.717, 1.165) is 17.1 Å². The highest BCUT2D eigenvalue weighted by Crippen LogP contribution is 2.17. The maximum Gasteiger partial charge on any atom is 0.227 e. The Labute approximate surface area is 131 Å². The van der Waals surface area contributed by atoms with Gasteiger partial charge in [0.1, 0.15) is 5.75 Å². The van der Waals surface area contributed by atoms with Crippen LogP contribution in [0.25, 0.3) is 0 Å². The Morgan fingerprint density at radius 3 is 2.55 bits per heavy atom. The van der Waals surface area contributed by atoms with Gasteiger partial charge in [0, 0.05) is 25.5 Å². The van der Waals surface area contributed by atoms with E-state index >= 15 is 0 Å². The molecule has 116 valence electrons. The smallest absolute Gasteiger partial charge is 0.227 e. The largest absolute Gasteiger partial charge is 0.493 e. The molecule has 0 atom stereocenters. The molecule has 0 heterocycles. The van der Waals surface area contributed by atoms with Crippen LogP contribution in [0.3, 0.4) is 0 Å². The van der Waals surface area contributed by atoms with Crippen LogP contribution in [-0.4, -0.2) is 26.6 Å². The summed E-state index contributed by atoms with van der Waals surface area (Å²) in [7, 11) is 3.94. The second kappa shape index (κ2) is 7.50. The fourth-order valence-electron chi connectivity index (χ4n) is 1.98. The van der Waals surface area contributed by atoms with Crippen molar-refractivity contribution in [3.63, 3.8) is 0 Å². The number of carbonyl (C=O) groups excluding carboxylic acids is 1. The third kappa shape index (κ3) is 4.81. The third-order valence-electron chi connectivity index (χ3n) is 3.27. The van der Waals surface area contributed by atoms with Crippen LogP contribution in [0.5, 0.6) is 5.75 Å². The lowest BCUT2D eigenvalue weighted by molar-refractivity contribution is -0.116. The molecule has 22 heavy (non-hydrogen) atoms. The summed E-state index contributed by atoms with van der Waals surface area (Å²) in [6, 6.07) is 15.5. The van der Waals surface area contributed by atoms with E-state index in [4.69, 9.17) is 4.74 Å². The number of nitrogens with one attached hydrogen (secondary N) is 1. The standard InChI is InChI=1S/C18H22N2O2/c1-14-7-9-17(10-8-14)22-12-11-18(21)19-15-5-4-6-16(13-15)20(2)3/h4-10,13H,11-12H2,1-3H3,(H,19,21). The summed E-state index contributed by atoms with van der Waals surface area (Å²) in [4.78, 5) is 13.9. The van der Waals surface area contributed by atoms with Crippen LogP contribution in [0.4, 0.5) is 11.4 Å². The van der Waals surface area contributed by atoms with Gasteiger partial charge < -0.3 is 15.0 Å². The van der Waals surface area contributed by atoms with Crippen LogP contribution < -0.4 is 15.0 Å². The molecule has 0 aromatic heterocycles. The van der Waals surface area contributed by atoms with Crippen molar-refractivity contribution in [2.45, 2.75) is 13.3 Å². The Hall–Kier alpha value is -2.49. The number of hydrogen-bond donors (Lipinski definition) is 1. The second-order valence-electron chi connectivity index (χ2n) is 5.40. The minimum absolute atomic E-state index is 0.0528. The van der Waals surface area contributed by atoms with Crippen LogP contribution in [0, 0.1) is 6.92 Å². The van der Waals surface area contributed by atoms with Gasteiger partial charge in [0.25, 0.3) is 0 Å². The van der Waals surface area contributed by atoms with Crippen molar-refractivity contribution < 1.29 is 9.53 Å². The maximum absolute atomic E-state index is 11.9. The van der Waals surface area contributed by atoms with E-state index in [1.807, 2.05) is 74.4 Å². The molecule has 2 aromatic carbocycles. The van der Waals surface area contributed by atoms with E-state index in [-0.39, 0.29) is 5.91 Å². The molecule has 4 heteroatoms. The zero-order chi connectivity index (χ0) is 15.9. The van der Waals surface area contributed by atoms with Crippen molar-refractivity contribution in [2.24, 2.45) is 0 Å². The summed E-state index contributed by atoms with van der Waals surface area (Å²) in [5.41, 5.74) is 3.03. The number of carbonyl (C=O) groups is 1. The van der Waals surface area contributed by atoms with E-state index in [2.05, 4.69) is 5.32 Å². The molecular formula is C18H22N2O2. The monoisotopic (exact) mass is 298 g/mol. The predicted molar refractivity (Wildman–Crippen MR) is 90.7 cm³/mol. The zero-order valence-electron chi connectivity index (χ0n) is 13.3. The second-order valence-corrected chi connectivity index (χ2v) is 5.40. The number of rotatable bonds is 6. The van der Waals surface area contributed by atoms with Crippen LogP contribution in [0.15, 0.2) is 48.5 Å². The van der Waals surface area contributed by atoms with Gasteiger partial charge in [0.2, 0.25) is 5.91 Å². The Balaban J connectivity index is 1.80. The zero-order valence-corrected chi connectivity index (χ0v) is 13.3. The van der Waals surface area contributed by atoms with E-state index in [0.29, 0.717) is 13.0 Å². The van der Waals surface area contributed by atoms with Crippen molar-refractivity contribution in [1.29, 1.82) is 0 Å². The third-order valence-corrected chi connectivity index (χ3v) is 3.27. The first-order valence-electron chi connectivity index (χ1n) is 7.31. The van der Waals surface area contributed by atoms with Crippen LogP contribution in [-0.2, 0) is 4.79 Å². The fourth-order valence-corrected chi connectivity index (χ4v) is 1.98. The lowest BCUT2D eigenvalue weighted by Gasteiger charge is -2.14. The average Bonchev–Trinajstić information content (AvgIpc) is 2.49. The van der Waals surface area contributed by atoms with Gasteiger partial charge in [-0.3, -0.25) is 4.79 Å². The summed E-state index contributed by atoms with van der Waals surface area (Å²) >= 11 is 0. The molecule has 0 fully saturated rings. The topological polar surface area (TPSA) is 41.6 Å². The number of hydrogen-bond acceptors (Lipinski definition) is 3. The average molecular weight is 298 g/mol. The van der Waals surface area contributed by atoms with Crippen molar-refractivity contribution in [1.82, 2.24) is 0 Å². The molecule has 0 saturated carbocycles. The van der Waals surface area contributed by atoms with Crippen molar-refractivity contribution in [3.8, 4) is 5.75 Å². The number of amides is 1. The van der Waals surface area contributed by atoms with Gasteiger partial charge in [-0.15, -0.1) is 0 Å². The SMILES string of the molecule is Cc1ccc(OCCC(=O)Nc2cccc(N(C)C)c2)cc1. The first-order chi connectivity index (χ1) is 10.5. The molecule has 0 bridgehead atoms. The highest BCUT2D eigenvalue weighted by molar-refractivity contribution is 5.91. The molecule has 2 aromatic rings. The highest BCUT2D eigenvalue weighted by atomic mass is 16.5. The summed E-state index contributed by atoms with van der Waals surface area (Å²) in [6.45, 7) is 2.39. The Bertz CT molecular complexity index is 621. The number of aryl methyl sites for hydroxylation is 1. The summed E-state index contributed by atoms with van der Waals surface area (Å²) < 4.78 is 5.56. The van der Waals surface area contributed by atoms with Crippen molar-refractivity contribution >= 4 is 17.3 Å². The van der Waals surface area contributed by atoms with Crippen LogP contribution >= 0.6 is 0 Å². The Morgan fingerprint density at radius 2 is 1.86 bits per heavy atom. The van der Waals surface area contributed by atoms with Gasteiger partial charge in [-0.25, -0.2) is 0 Å². The molecule has 0 saturated heterocycles. The molecule has 0 aliphatic heterocycles. The van der Waals surface area contributed by atoms with Gasteiger partial charge in [-0.1, -0.05) is 23.8 Å².